The first kappa shape index (κ1) is 20.6. The number of ether oxygens (including phenoxy) is 1. The SMILES string of the molecule is Nc1ccc(OCCCNC2CCCC2CCCCCCC(=O)O)cc1. The second kappa shape index (κ2) is 11.8. The van der Waals surface area contributed by atoms with Crippen LogP contribution in [-0.4, -0.2) is 30.3 Å². The van der Waals surface area contributed by atoms with Gasteiger partial charge in [0.05, 0.1) is 6.61 Å². The zero-order chi connectivity index (χ0) is 18.6. The Hall–Kier alpha value is -1.75. The highest BCUT2D eigenvalue weighted by molar-refractivity contribution is 5.66. The highest BCUT2D eigenvalue weighted by atomic mass is 16.5. The van der Waals surface area contributed by atoms with Gasteiger partial charge in [0.25, 0.3) is 0 Å². The van der Waals surface area contributed by atoms with Gasteiger partial charge in [-0.3, -0.25) is 4.79 Å². The van der Waals surface area contributed by atoms with Crippen molar-refractivity contribution in [3.63, 3.8) is 0 Å². The zero-order valence-corrected chi connectivity index (χ0v) is 15.8. The Morgan fingerprint density at radius 2 is 1.88 bits per heavy atom. The molecule has 0 heterocycles. The minimum Gasteiger partial charge on any atom is -0.494 e. The predicted octanol–water partition coefficient (Wildman–Crippen LogP) is 4.22. The molecule has 5 nitrogen and oxygen atoms in total. The number of carbonyl (C=O) groups is 1. The van der Waals surface area contributed by atoms with E-state index in [0.717, 1.165) is 56.2 Å². The maximum absolute atomic E-state index is 10.5. The molecule has 0 radical (unpaired) electrons. The molecule has 0 aromatic heterocycles. The van der Waals surface area contributed by atoms with Gasteiger partial charge in [-0.15, -0.1) is 0 Å². The summed E-state index contributed by atoms with van der Waals surface area (Å²) >= 11 is 0. The van der Waals surface area contributed by atoms with Gasteiger partial charge in [0.1, 0.15) is 5.75 Å². The summed E-state index contributed by atoms with van der Waals surface area (Å²) in [6, 6.07) is 8.18. The Bertz CT molecular complexity index is 518. The molecule has 1 aromatic carbocycles. The molecule has 0 spiro atoms. The average Bonchev–Trinajstić information content (AvgIpc) is 3.06. The summed E-state index contributed by atoms with van der Waals surface area (Å²) in [6.07, 6.45) is 10.8. The smallest absolute Gasteiger partial charge is 0.303 e. The summed E-state index contributed by atoms with van der Waals surface area (Å²) in [7, 11) is 0. The van der Waals surface area contributed by atoms with Crippen molar-refractivity contribution in [3.8, 4) is 5.75 Å². The monoisotopic (exact) mass is 362 g/mol. The summed E-state index contributed by atoms with van der Waals surface area (Å²) < 4.78 is 5.73. The summed E-state index contributed by atoms with van der Waals surface area (Å²) in [5.41, 5.74) is 6.42. The average molecular weight is 363 g/mol. The van der Waals surface area contributed by atoms with Crippen molar-refractivity contribution in [1.29, 1.82) is 0 Å². The number of aliphatic carboxylic acids is 1. The molecular formula is C21H34N2O3. The molecular weight excluding hydrogens is 328 g/mol. The number of carboxylic acids is 1. The van der Waals surface area contributed by atoms with Crippen LogP contribution < -0.4 is 15.8 Å². The minimum absolute atomic E-state index is 0.312. The molecule has 4 N–H and O–H groups in total. The number of hydrogen-bond acceptors (Lipinski definition) is 4. The molecule has 2 atom stereocenters. The lowest BCUT2D eigenvalue weighted by Gasteiger charge is -2.21. The van der Waals surface area contributed by atoms with Crippen molar-refractivity contribution in [3.05, 3.63) is 24.3 Å². The Balaban J connectivity index is 1.51. The van der Waals surface area contributed by atoms with Gasteiger partial charge >= 0.3 is 5.97 Å². The molecule has 5 heteroatoms. The van der Waals surface area contributed by atoms with Crippen LogP contribution in [0.2, 0.25) is 0 Å². The van der Waals surface area contributed by atoms with Crippen molar-refractivity contribution in [1.82, 2.24) is 5.32 Å². The molecule has 0 saturated heterocycles. The fourth-order valence-corrected chi connectivity index (χ4v) is 3.80. The molecule has 26 heavy (non-hydrogen) atoms. The van der Waals surface area contributed by atoms with Crippen LogP contribution in [0.25, 0.3) is 0 Å². The predicted molar refractivity (Wildman–Crippen MR) is 105 cm³/mol. The van der Waals surface area contributed by atoms with Gasteiger partial charge in [-0.1, -0.05) is 25.7 Å². The first-order valence-corrected chi connectivity index (χ1v) is 10.1. The lowest BCUT2D eigenvalue weighted by molar-refractivity contribution is -0.137. The van der Waals surface area contributed by atoms with Crippen molar-refractivity contribution in [2.24, 2.45) is 5.92 Å². The van der Waals surface area contributed by atoms with Crippen LogP contribution in [0.5, 0.6) is 5.75 Å². The van der Waals surface area contributed by atoms with E-state index in [-0.39, 0.29) is 0 Å². The number of benzene rings is 1. The van der Waals surface area contributed by atoms with Crippen molar-refractivity contribution >= 4 is 11.7 Å². The molecule has 2 rings (SSSR count). The highest BCUT2D eigenvalue weighted by Gasteiger charge is 2.25. The normalized spacial score (nSPS) is 19.5. The standard InChI is InChI=1S/C21H34N2O3/c22-18-11-13-19(14-12-18)26-16-6-15-23-20-9-5-8-17(20)7-3-1-2-4-10-21(24)25/h11-14,17,20,23H,1-10,15-16,22H2,(H,24,25). The molecule has 2 unspecified atom stereocenters. The topological polar surface area (TPSA) is 84.6 Å². The molecule has 146 valence electrons. The first-order valence-electron chi connectivity index (χ1n) is 10.1. The van der Waals surface area contributed by atoms with E-state index in [2.05, 4.69) is 5.32 Å². The van der Waals surface area contributed by atoms with Crippen LogP contribution in [0.1, 0.15) is 64.2 Å². The van der Waals surface area contributed by atoms with Crippen LogP contribution in [0.15, 0.2) is 24.3 Å². The van der Waals surface area contributed by atoms with Crippen LogP contribution in [-0.2, 0) is 4.79 Å². The van der Waals surface area contributed by atoms with E-state index < -0.39 is 5.97 Å². The maximum Gasteiger partial charge on any atom is 0.303 e. The van der Waals surface area contributed by atoms with Gasteiger partial charge in [0.15, 0.2) is 0 Å². The number of rotatable bonds is 13. The fourth-order valence-electron chi connectivity index (χ4n) is 3.80. The number of hydrogen-bond donors (Lipinski definition) is 3. The molecule has 1 aromatic rings. The number of anilines is 1. The summed E-state index contributed by atoms with van der Waals surface area (Å²) in [5.74, 6) is 0.985. The van der Waals surface area contributed by atoms with E-state index >= 15 is 0 Å². The van der Waals surface area contributed by atoms with Gasteiger partial charge in [-0.25, -0.2) is 0 Å². The van der Waals surface area contributed by atoms with Gasteiger partial charge < -0.3 is 20.9 Å². The summed E-state index contributed by atoms with van der Waals surface area (Å²) in [6.45, 7) is 1.71. The van der Waals surface area contributed by atoms with Crippen LogP contribution in [0.4, 0.5) is 5.69 Å². The molecule has 0 aliphatic heterocycles. The Morgan fingerprint density at radius 1 is 1.12 bits per heavy atom. The largest absolute Gasteiger partial charge is 0.494 e. The van der Waals surface area contributed by atoms with Gasteiger partial charge in [0, 0.05) is 18.2 Å². The van der Waals surface area contributed by atoms with E-state index in [1.165, 1.54) is 32.1 Å². The van der Waals surface area contributed by atoms with E-state index in [1.807, 2.05) is 24.3 Å². The third-order valence-electron chi connectivity index (χ3n) is 5.25. The Kier molecular flexibility index (Phi) is 9.32. The van der Waals surface area contributed by atoms with Crippen LogP contribution >= 0.6 is 0 Å². The third kappa shape index (κ3) is 8.09. The summed E-state index contributed by atoms with van der Waals surface area (Å²) in [4.78, 5) is 10.5. The molecule has 1 aliphatic carbocycles. The van der Waals surface area contributed by atoms with E-state index in [9.17, 15) is 4.79 Å². The molecule has 1 fully saturated rings. The lowest BCUT2D eigenvalue weighted by Crippen LogP contribution is -2.33. The number of carboxylic acid groups (broad SMARTS) is 1. The van der Waals surface area contributed by atoms with Gasteiger partial charge in [-0.2, -0.15) is 0 Å². The number of unbranched alkanes of at least 4 members (excludes halogenated alkanes) is 3. The number of nitrogen functional groups attached to an aromatic ring is 1. The molecule has 0 amide bonds. The Labute approximate surface area is 157 Å². The number of nitrogens with two attached hydrogens (primary N) is 1. The van der Waals surface area contributed by atoms with Gasteiger partial charge in [0.2, 0.25) is 0 Å². The van der Waals surface area contributed by atoms with E-state index in [1.54, 1.807) is 0 Å². The zero-order valence-electron chi connectivity index (χ0n) is 15.8. The molecule has 0 bridgehead atoms. The van der Waals surface area contributed by atoms with E-state index in [0.29, 0.717) is 12.5 Å². The molecule has 1 saturated carbocycles. The van der Waals surface area contributed by atoms with Crippen LogP contribution in [0.3, 0.4) is 0 Å². The minimum atomic E-state index is -0.676. The lowest BCUT2D eigenvalue weighted by atomic mass is 9.95. The highest BCUT2D eigenvalue weighted by Crippen LogP contribution is 2.30. The fraction of sp³-hybridized carbons (Fsp3) is 0.667. The first-order chi connectivity index (χ1) is 12.6. The van der Waals surface area contributed by atoms with Crippen molar-refractivity contribution in [2.45, 2.75) is 70.3 Å². The van der Waals surface area contributed by atoms with Gasteiger partial charge in [-0.05, 0) is 68.8 Å². The quantitative estimate of drug-likeness (QED) is 0.361. The second-order valence-electron chi connectivity index (χ2n) is 7.37. The third-order valence-corrected chi connectivity index (χ3v) is 5.25. The van der Waals surface area contributed by atoms with Crippen molar-refractivity contribution in [2.75, 3.05) is 18.9 Å². The molecule has 1 aliphatic rings. The second-order valence-corrected chi connectivity index (χ2v) is 7.37. The maximum atomic E-state index is 10.5. The van der Waals surface area contributed by atoms with Crippen LogP contribution in [0, 0.1) is 5.92 Å². The summed E-state index contributed by atoms with van der Waals surface area (Å²) in [5, 5.41) is 12.4. The van der Waals surface area contributed by atoms with E-state index in [4.69, 9.17) is 15.6 Å². The Morgan fingerprint density at radius 3 is 2.65 bits per heavy atom. The van der Waals surface area contributed by atoms with Crippen molar-refractivity contribution < 1.29 is 14.6 Å². The number of nitrogens with one attached hydrogen (secondary N) is 1.